The first-order valence-electron chi connectivity index (χ1n) is 6.16. The summed E-state index contributed by atoms with van der Waals surface area (Å²) in [5, 5.41) is 14.9. The molecule has 94 valence electrons. The maximum atomic E-state index is 11.4. The van der Waals surface area contributed by atoms with Gasteiger partial charge in [-0.25, -0.2) is 0 Å². The molecule has 0 aromatic heterocycles. The lowest BCUT2D eigenvalue weighted by atomic mass is 10.0. The maximum Gasteiger partial charge on any atom is 0.233 e. The predicted octanol–water partition coefficient (Wildman–Crippen LogP) is 0.511. The monoisotopic (exact) mass is 228 g/mol. The zero-order chi connectivity index (χ0) is 12.0. The molecule has 1 aliphatic rings. The molecule has 0 bridgehead atoms. The number of nitrogens with one attached hydrogen (secondary N) is 2. The molecular formula is C12H24N2O2. The zero-order valence-corrected chi connectivity index (χ0v) is 10.4. The summed E-state index contributed by atoms with van der Waals surface area (Å²) in [6.07, 6.45) is 3.20. The summed E-state index contributed by atoms with van der Waals surface area (Å²) in [4.78, 5) is 11.4. The topological polar surface area (TPSA) is 61.4 Å². The van der Waals surface area contributed by atoms with Crippen molar-refractivity contribution in [2.45, 2.75) is 33.1 Å². The molecule has 1 amide bonds. The fraction of sp³-hybridized carbons (Fsp3) is 0.917. The Balaban J connectivity index is 2.04. The minimum absolute atomic E-state index is 0.0634. The molecule has 0 heterocycles. The Kier molecular flexibility index (Phi) is 5.22. The lowest BCUT2D eigenvalue weighted by Crippen LogP contribution is -2.38. The van der Waals surface area contributed by atoms with Gasteiger partial charge in [0.25, 0.3) is 0 Å². The lowest BCUT2D eigenvalue weighted by molar-refractivity contribution is -0.120. The van der Waals surface area contributed by atoms with Crippen molar-refractivity contribution in [3.63, 3.8) is 0 Å². The van der Waals surface area contributed by atoms with Gasteiger partial charge in [0.2, 0.25) is 5.91 Å². The van der Waals surface area contributed by atoms with E-state index in [-0.39, 0.29) is 17.9 Å². The second kappa shape index (κ2) is 6.21. The van der Waals surface area contributed by atoms with E-state index in [1.54, 1.807) is 0 Å². The predicted molar refractivity (Wildman–Crippen MR) is 64.1 cm³/mol. The van der Waals surface area contributed by atoms with Crippen LogP contribution in [0.15, 0.2) is 0 Å². The first-order chi connectivity index (χ1) is 7.58. The Labute approximate surface area is 97.8 Å². The molecule has 4 heteroatoms. The van der Waals surface area contributed by atoms with E-state index >= 15 is 0 Å². The Morgan fingerprint density at radius 1 is 1.44 bits per heavy atom. The van der Waals surface area contributed by atoms with Crippen LogP contribution in [-0.4, -0.2) is 37.3 Å². The summed E-state index contributed by atoms with van der Waals surface area (Å²) in [6.45, 7) is 6.38. The normalized spacial score (nSPS) is 17.5. The Hall–Kier alpha value is -0.610. The van der Waals surface area contributed by atoms with Gasteiger partial charge < -0.3 is 15.7 Å². The average Bonchev–Trinajstić information content (AvgIpc) is 2.96. The molecule has 0 atom stereocenters. The molecular weight excluding hydrogens is 204 g/mol. The molecule has 1 rings (SSSR count). The van der Waals surface area contributed by atoms with Crippen LogP contribution in [0.2, 0.25) is 0 Å². The van der Waals surface area contributed by atoms with Gasteiger partial charge in [-0.3, -0.25) is 4.79 Å². The second-order valence-corrected chi connectivity index (χ2v) is 5.28. The summed E-state index contributed by atoms with van der Waals surface area (Å²) < 4.78 is 0. The molecule has 0 aromatic carbocycles. The minimum atomic E-state index is 0.0634. The average molecular weight is 228 g/mol. The number of hydrogen-bond donors (Lipinski definition) is 3. The van der Waals surface area contributed by atoms with Crippen molar-refractivity contribution < 1.29 is 9.90 Å². The number of rotatable bonds is 8. The van der Waals surface area contributed by atoms with Gasteiger partial charge in [0.1, 0.15) is 0 Å². The smallest absolute Gasteiger partial charge is 0.233 e. The third-order valence-corrected chi connectivity index (χ3v) is 3.09. The molecule has 0 aliphatic heterocycles. The van der Waals surface area contributed by atoms with Gasteiger partial charge in [0.15, 0.2) is 0 Å². The largest absolute Gasteiger partial charge is 0.396 e. The van der Waals surface area contributed by atoms with Gasteiger partial charge in [0.05, 0.1) is 6.54 Å². The van der Waals surface area contributed by atoms with Crippen LogP contribution in [0.4, 0.5) is 0 Å². The van der Waals surface area contributed by atoms with Gasteiger partial charge >= 0.3 is 0 Å². The first-order valence-corrected chi connectivity index (χ1v) is 6.16. The van der Waals surface area contributed by atoms with Crippen LogP contribution in [0.1, 0.15) is 33.1 Å². The summed E-state index contributed by atoms with van der Waals surface area (Å²) in [6, 6.07) is 0. The number of hydrogen-bond acceptors (Lipinski definition) is 3. The van der Waals surface area contributed by atoms with E-state index in [4.69, 9.17) is 5.11 Å². The molecule has 16 heavy (non-hydrogen) atoms. The number of amides is 1. The number of aliphatic hydroxyl groups excluding tert-OH is 1. The van der Waals surface area contributed by atoms with Crippen molar-refractivity contribution in [2.24, 2.45) is 11.3 Å². The van der Waals surface area contributed by atoms with Crippen LogP contribution < -0.4 is 10.6 Å². The van der Waals surface area contributed by atoms with E-state index in [1.165, 1.54) is 12.8 Å². The second-order valence-electron chi connectivity index (χ2n) is 5.28. The molecule has 1 aliphatic carbocycles. The third kappa shape index (κ3) is 4.94. The number of carbonyl (C=O) groups is 1. The summed E-state index contributed by atoms with van der Waals surface area (Å²) in [7, 11) is 0. The fourth-order valence-corrected chi connectivity index (χ4v) is 1.75. The van der Waals surface area contributed by atoms with Crippen LogP contribution in [0.3, 0.4) is 0 Å². The van der Waals surface area contributed by atoms with E-state index in [1.807, 2.05) is 0 Å². The van der Waals surface area contributed by atoms with Crippen LogP contribution in [0, 0.1) is 11.3 Å². The Bertz CT molecular complexity index is 225. The highest BCUT2D eigenvalue weighted by Gasteiger charge is 2.41. The van der Waals surface area contributed by atoms with Crippen molar-refractivity contribution in [1.29, 1.82) is 0 Å². The van der Waals surface area contributed by atoms with Crippen LogP contribution in [-0.2, 0) is 4.79 Å². The zero-order valence-electron chi connectivity index (χ0n) is 10.4. The van der Waals surface area contributed by atoms with Crippen molar-refractivity contribution in [1.82, 2.24) is 10.6 Å². The van der Waals surface area contributed by atoms with E-state index in [0.29, 0.717) is 12.5 Å². The van der Waals surface area contributed by atoms with Crippen molar-refractivity contribution >= 4 is 5.91 Å². The van der Waals surface area contributed by atoms with Crippen molar-refractivity contribution in [3.05, 3.63) is 0 Å². The van der Waals surface area contributed by atoms with Crippen LogP contribution >= 0.6 is 0 Å². The van der Waals surface area contributed by atoms with E-state index in [0.717, 1.165) is 19.5 Å². The molecule has 3 N–H and O–H groups in total. The molecule has 1 fully saturated rings. The number of aliphatic hydroxyl groups is 1. The van der Waals surface area contributed by atoms with Gasteiger partial charge in [-0.05, 0) is 30.6 Å². The van der Waals surface area contributed by atoms with Crippen LogP contribution in [0.5, 0.6) is 0 Å². The minimum Gasteiger partial charge on any atom is -0.396 e. The molecule has 0 spiro atoms. The molecule has 0 radical (unpaired) electrons. The van der Waals surface area contributed by atoms with Gasteiger partial charge in [-0.1, -0.05) is 13.8 Å². The van der Waals surface area contributed by atoms with E-state index in [9.17, 15) is 4.79 Å². The van der Waals surface area contributed by atoms with E-state index in [2.05, 4.69) is 24.5 Å². The van der Waals surface area contributed by atoms with Crippen molar-refractivity contribution in [3.8, 4) is 0 Å². The highest BCUT2D eigenvalue weighted by molar-refractivity contribution is 5.77. The fourth-order valence-electron chi connectivity index (χ4n) is 1.75. The van der Waals surface area contributed by atoms with Crippen LogP contribution in [0.25, 0.3) is 0 Å². The van der Waals surface area contributed by atoms with E-state index < -0.39 is 0 Å². The molecule has 4 nitrogen and oxygen atoms in total. The molecule has 0 aromatic rings. The lowest BCUT2D eigenvalue weighted by Gasteiger charge is -2.14. The van der Waals surface area contributed by atoms with Crippen molar-refractivity contribution in [2.75, 3.05) is 26.2 Å². The number of carbonyl (C=O) groups excluding carboxylic acids is 1. The van der Waals surface area contributed by atoms with Gasteiger partial charge in [-0.15, -0.1) is 0 Å². The Morgan fingerprint density at radius 2 is 2.12 bits per heavy atom. The standard InChI is InChI=1S/C12H24N2O2/c1-10(2)7-14-11(16)8-13-9-12(3-4-12)5-6-15/h10,13,15H,3-9H2,1-2H3,(H,14,16). The highest BCUT2D eigenvalue weighted by Crippen LogP contribution is 2.47. The van der Waals surface area contributed by atoms with Gasteiger partial charge in [-0.2, -0.15) is 0 Å². The molecule has 0 saturated heterocycles. The Morgan fingerprint density at radius 3 is 2.62 bits per heavy atom. The quantitative estimate of drug-likeness (QED) is 0.567. The molecule has 1 saturated carbocycles. The highest BCUT2D eigenvalue weighted by atomic mass is 16.3. The molecule has 0 unspecified atom stereocenters. The van der Waals surface area contributed by atoms with Gasteiger partial charge in [0, 0.05) is 19.7 Å². The first kappa shape index (κ1) is 13.5. The summed E-state index contributed by atoms with van der Waals surface area (Å²) in [5.41, 5.74) is 0.285. The summed E-state index contributed by atoms with van der Waals surface area (Å²) >= 11 is 0. The third-order valence-electron chi connectivity index (χ3n) is 3.09. The summed E-state index contributed by atoms with van der Waals surface area (Å²) in [5.74, 6) is 0.557. The SMILES string of the molecule is CC(C)CNC(=O)CNCC1(CCO)CC1. The maximum absolute atomic E-state index is 11.4.